The Bertz CT molecular complexity index is 454. The maximum absolute atomic E-state index is 11.7. The van der Waals surface area contributed by atoms with Crippen LogP contribution in [0.5, 0.6) is 0 Å². The van der Waals surface area contributed by atoms with Gasteiger partial charge in [0.25, 0.3) is 0 Å². The van der Waals surface area contributed by atoms with E-state index in [9.17, 15) is 14.7 Å². The number of hydrogen-bond donors (Lipinski definition) is 2. The Labute approximate surface area is 119 Å². The van der Waals surface area contributed by atoms with Gasteiger partial charge in [0.1, 0.15) is 0 Å². The molecule has 0 aliphatic heterocycles. The molecule has 4 nitrogen and oxygen atoms in total. The van der Waals surface area contributed by atoms with E-state index in [0.29, 0.717) is 12.3 Å². The number of nitrogens with one attached hydrogen (secondary N) is 1. The first kappa shape index (κ1) is 14.6. The molecule has 0 radical (unpaired) electrons. The van der Waals surface area contributed by atoms with Crippen LogP contribution in [0.1, 0.15) is 43.6 Å². The number of aliphatic carboxylic acids is 1. The molecule has 1 saturated carbocycles. The molecule has 0 bridgehead atoms. The van der Waals surface area contributed by atoms with Crippen molar-refractivity contribution in [2.45, 2.75) is 38.0 Å². The van der Waals surface area contributed by atoms with Crippen molar-refractivity contribution in [2.24, 2.45) is 5.92 Å². The first-order valence-corrected chi connectivity index (χ1v) is 7.21. The number of carboxylic acid groups (broad SMARTS) is 1. The van der Waals surface area contributed by atoms with Gasteiger partial charge in [-0.1, -0.05) is 49.6 Å². The summed E-state index contributed by atoms with van der Waals surface area (Å²) >= 11 is 0. The molecule has 1 aromatic carbocycles. The Morgan fingerprint density at radius 3 is 2.50 bits per heavy atom. The molecule has 4 heteroatoms. The van der Waals surface area contributed by atoms with E-state index in [1.165, 1.54) is 19.3 Å². The number of carboxylic acids is 1. The molecule has 108 valence electrons. The van der Waals surface area contributed by atoms with Gasteiger partial charge in [-0.15, -0.1) is 0 Å². The van der Waals surface area contributed by atoms with Gasteiger partial charge in [0.05, 0.1) is 5.92 Å². The fourth-order valence-electron chi connectivity index (χ4n) is 2.45. The molecule has 20 heavy (non-hydrogen) atoms. The van der Waals surface area contributed by atoms with Crippen molar-refractivity contribution in [3.05, 3.63) is 35.9 Å². The van der Waals surface area contributed by atoms with Crippen LogP contribution in [0.2, 0.25) is 0 Å². The molecule has 1 fully saturated rings. The van der Waals surface area contributed by atoms with Gasteiger partial charge >= 0.3 is 5.97 Å². The molecule has 2 N–H and O–H groups in total. The number of rotatable bonds is 7. The molecule has 0 spiro atoms. The molecule has 1 atom stereocenters. The number of carbonyl (C=O) groups is 2. The zero-order chi connectivity index (χ0) is 14.4. The SMILES string of the molecule is O=C(CCC1CCC1)NCC(C(=O)O)c1ccccc1. The summed E-state index contributed by atoms with van der Waals surface area (Å²) in [6.07, 6.45) is 5.17. The van der Waals surface area contributed by atoms with E-state index in [-0.39, 0.29) is 12.5 Å². The maximum atomic E-state index is 11.7. The Morgan fingerprint density at radius 1 is 1.25 bits per heavy atom. The topological polar surface area (TPSA) is 66.4 Å². The maximum Gasteiger partial charge on any atom is 0.312 e. The first-order valence-electron chi connectivity index (χ1n) is 7.21. The largest absolute Gasteiger partial charge is 0.481 e. The zero-order valence-corrected chi connectivity index (χ0v) is 11.5. The van der Waals surface area contributed by atoms with Crippen LogP contribution in [0.15, 0.2) is 30.3 Å². The minimum atomic E-state index is -0.907. The molecule has 0 heterocycles. The summed E-state index contributed by atoms with van der Waals surface area (Å²) in [5.41, 5.74) is 0.722. The normalized spacial score (nSPS) is 16.2. The molecule has 1 aliphatic rings. The van der Waals surface area contributed by atoms with Gasteiger partial charge in [0.2, 0.25) is 5.91 Å². The summed E-state index contributed by atoms with van der Waals surface area (Å²) in [7, 11) is 0. The minimum Gasteiger partial charge on any atom is -0.481 e. The zero-order valence-electron chi connectivity index (χ0n) is 11.5. The van der Waals surface area contributed by atoms with Crippen molar-refractivity contribution >= 4 is 11.9 Å². The van der Waals surface area contributed by atoms with Crippen molar-refractivity contribution in [3.63, 3.8) is 0 Å². The average Bonchev–Trinajstić information content (AvgIpc) is 2.38. The van der Waals surface area contributed by atoms with Crippen LogP contribution in [0.25, 0.3) is 0 Å². The lowest BCUT2D eigenvalue weighted by Crippen LogP contribution is -2.32. The van der Waals surface area contributed by atoms with Crippen LogP contribution in [0.4, 0.5) is 0 Å². The first-order chi connectivity index (χ1) is 9.66. The summed E-state index contributed by atoms with van der Waals surface area (Å²) in [6, 6.07) is 9.02. The lowest BCUT2D eigenvalue weighted by atomic mass is 9.82. The Balaban J connectivity index is 1.79. The predicted octanol–water partition coefficient (Wildman–Crippen LogP) is 2.55. The van der Waals surface area contributed by atoms with Crippen LogP contribution < -0.4 is 5.32 Å². The molecule has 1 unspecified atom stereocenters. The van der Waals surface area contributed by atoms with Gasteiger partial charge in [0.15, 0.2) is 0 Å². The van der Waals surface area contributed by atoms with E-state index in [1.54, 1.807) is 12.1 Å². The number of hydrogen-bond acceptors (Lipinski definition) is 2. The molecular weight excluding hydrogens is 254 g/mol. The van der Waals surface area contributed by atoms with Crippen molar-refractivity contribution < 1.29 is 14.7 Å². The summed E-state index contributed by atoms with van der Waals surface area (Å²) in [5.74, 6) is -0.927. The van der Waals surface area contributed by atoms with Crippen molar-refractivity contribution in [3.8, 4) is 0 Å². The van der Waals surface area contributed by atoms with Gasteiger partial charge in [-0.2, -0.15) is 0 Å². The van der Waals surface area contributed by atoms with E-state index in [0.717, 1.165) is 12.0 Å². The Kier molecular flexibility index (Phi) is 5.16. The van der Waals surface area contributed by atoms with Crippen molar-refractivity contribution in [1.29, 1.82) is 0 Å². The minimum absolute atomic E-state index is 0.0425. The number of amides is 1. The fourth-order valence-corrected chi connectivity index (χ4v) is 2.45. The van der Waals surface area contributed by atoms with Crippen molar-refractivity contribution in [1.82, 2.24) is 5.32 Å². The van der Waals surface area contributed by atoms with Gasteiger partial charge in [-0.05, 0) is 17.9 Å². The van der Waals surface area contributed by atoms with Crippen LogP contribution in [0, 0.1) is 5.92 Å². The van der Waals surface area contributed by atoms with Crippen LogP contribution in [0.3, 0.4) is 0 Å². The van der Waals surface area contributed by atoms with Crippen LogP contribution in [-0.4, -0.2) is 23.5 Å². The highest BCUT2D eigenvalue weighted by Crippen LogP contribution is 2.30. The lowest BCUT2D eigenvalue weighted by Gasteiger charge is -2.24. The van der Waals surface area contributed by atoms with Gasteiger partial charge in [-0.25, -0.2) is 0 Å². The summed E-state index contributed by atoms with van der Waals surface area (Å²) in [5, 5.41) is 12.0. The fraction of sp³-hybridized carbons (Fsp3) is 0.500. The van der Waals surface area contributed by atoms with E-state index in [2.05, 4.69) is 5.32 Å². The van der Waals surface area contributed by atoms with Crippen LogP contribution >= 0.6 is 0 Å². The smallest absolute Gasteiger partial charge is 0.312 e. The molecule has 1 amide bonds. The second-order valence-electron chi connectivity index (χ2n) is 5.44. The third kappa shape index (κ3) is 4.08. The molecule has 1 aliphatic carbocycles. The summed E-state index contributed by atoms with van der Waals surface area (Å²) < 4.78 is 0. The quantitative estimate of drug-likeness (QED) is 0.803. The standard InChI is InChI=1S/C16H21NO3/c18-15(10-9-12-5-4-6-12)17-11-14(16(19)20)13-7-2-1-3-8-13/h1-3,7-8,12,14H,4-6,9-11H2,(H,17,18)(H,19,20). The lowest BCUT2D eigenvalue weighted by molar-refractivity contribution is -0.138. The summed E-state index contributed by atoms with van der Waals surface area (Å²) in [4.78, 5) is 23.0. The molecular formula is C16H21NO3. The van der Waals surface area contributed by atoms with Crippen LogP contribution in [-0.2, 0) is 9.59 Å². The Morgan fingerprint density at radius 2 is 1.95 bits per heavy atom. The van der Waals surface area contributed by atoms with Gasteiger partial charge in [-0.3, -0.25) is 9.59 Å². The molecule has 1 aromatic rings. The second kappa shape index (κ2) is 7.08. The monoisotopic (exact) mass is 275 g/mol. The third-order valence-electron chi connectivity index (χ3n) is 4.01. The van der Waals surface area contributed by atoms with E-state index >= 15 is 0 Å². The highest BCUT2D eigenvalue weighted by atomic mass is 16.4. The Hall–Kier alpha value is -1.84. The number of carbonyl (C=O) groups excluding carboxylic acids is 1. The second-order valence-corrected chi connectivity index (χ2v) is 5.44. The van der Waals surface area contributed by atoms with Gasteiger partial charge in [0, 0.05) is 13.0 Å². The number of benzene rings is 1. The molecule has 0 aromatic heterocycles. The van der Waals surface area contributed by atoms with Gasteiger partial charge < -0.3 is 10.4 Å². The third-order valence-corrected chi connectivity index (χ3v) is 4.01. The predicted molar refractivity (Wildman–Crippen MR) is 76.4 cm³/mol. The van der Waals surface area contributed by atoms with E-state index < -0.39 is 11.9 Å². The molecule has 0 saturated heterocycles. The van der Waals surface area contributed by atoms with Crippen molar-refractivity contribution in [2.75, 3.05) is 6.54 Å². The highest BCUT2D eigenvalue weighted by Gasteiger charge is 2.21. The summed E-state index contributed by atoms with van der Waals surface area (Å²) in [6.45, 7) is 0.156. The average molecular weight is 275 g/mol. The molecule has 2 rings (SSSR count). The highest BCUT2D eigenvalue weighted by molar-refractivity contribution is 5.79. The van der Waals surface area contributed by atoms with E-state index in [4.69, 9.17) is 0 Å². The van der Waals surface area contributed by atoms with E-state index in [1.807, 2.05) is 18.2 Å².